The maximum absolute atomic E-state index is 12.2. The van der Waals surface area contributed by atoms with Crippen LogP contribution < -0.4 is 5.32 Å². The van der Waals surface area contributed by atoms with Crippen molar-refractivity contribution in [3.8, 4) is 0 Å². The van der Waals surface area contributed by atoms with E-state index in [0.717, 1.165) is 0 Å². The summed E-state index contributed by atoms with van der Waals surface area (Å²) in [5.74, 6) is -1.31. The van der Waals surface area contributed by atoms with Crippen LogP contribution in [0.25, 0.3) is 0 Å². The number of carbonyl (C=O) groups excluding carboxylic acids is 2. The lowest BCUT2D eigenvalue weighted by molar-refractivity contribution is -0.144. The maximum Gasteiger partial charge on any atom is 0.328 e. The summed E-state index contributed by atoms with van der Waals surface area (Å²) in [4.78, 5) is 23.7. The number of halogens is 1. The fraction of sp³-hybridized carbons (Fsp3) is 0.429. The number of esters is 1. The lowest BCUT2D eigenvalue weighted by Gasteiger charge is -2.14. The minimum atomic E-state index is -3.45. The number of ether oxygens (including phenoxy) is 1. The Kier molecular flexibility index (Phi) is 6.37. The Balaban J connectivity index is 3.03. The second-order valence-electron chi connectivity index (χ2n) is 4.49. The summed E-state index contributed by atoms with van der Waals surface area (Å²) in [5.41, 5.74) is -0.00709. The van der Waals surface area contributed by atoms with Gasteiger partial charge in [0.05, 0.1) is 27.8 Å². The minimum absolute atomic E-state index is 0.00709. The molecule has 1 amide bonds. The van der Waals surface area contributed by atoms with Crippen LogP contribution in [0.3, 0.4) is 0 Å². The lowest BCUT2D eigenvalue weighted by Crippen LogP contribution is -2.39. The number of benzene rings is 1. The van der Waals surface area contributed by atoms with E-state index in [1.807, 2.05) is 0 Å². The molecule has 122 valence electrons. The van der Waals surface area contributed by atoms with Gasteiger partial charge in [-0.25, -0.2) is 13.2 Å². The average molecular weight is 348 g/mol. The molecule has 1 N–H and O–H groups in total. The highest BCUT2D eigenvalue weighted by Gasteiger charge is 2.21. The van der Waals surface area contributed by atoms with Crippen molar-refractivity contribution in [1.82, 2.24) is 5.32 Å². The quantitative estimate of drug-likeness (QED) is 0.793. The summed E-state index contributed by atoms with van der Waals surface area (Å²) >= 11 is 5.94. The van der Waals surface area contributed by atoms with Crippen molar-refractivity contribution in [3.05, 3.63) is 28.8 Å². The van der Waals surface area contributed by atoms with Crippen molar-refractivity contribution in [1.29, 1.82) is 0 Å². The second-order valence-corrected chi connectivity index (χ2v) is 7.18. The van der Waals surface area contributed by atoms with Gasteiger partial charge in [0.1, 0.15) is 6.04 Å². The fourth-order valence-electron chi connectivity index (χ4n) is 1.64. The summed E-state index contributed by atoms with van der Waals surface area (Å²) in [7, 11) is -3.45. The number of amides is 1. The summed E-state index contributed by atoms with van der Waals surface area (Å²) < 4.78 is 28.5. The average Bonchev–Trinajstić information content (AvgIpc) is 2.47. The Morgan fingerprint density at radius 2 is 1.95 bits per heavy atom. The molecule has 6 nitrogen and oxygen atoms in total. The Labute approximate surface area is 134 Å². The summed E-state index contributed by atoms with van der Waals surface area (Å²) in [6, 6.07) is 3.02. The number of rotatable bonds is 6. The number of hydrogen-bond donors (Lipinski definition) is 1. The third-order valence-electron chi connectivity index (χ3n) is 2.91. The Hall–Kier alpha value is -1.60. The van der Waals surface area contributed by atoms with Crippen LogP contribution in [0.5, 0.6) is 0 Å². The molecule has 0 fully saturated rings. The van der Waals surface area contributed by atoms with Gasteiger partial charge in [-0.3, -0.25) is 4.79 Å². The minimum Gasteiger partial charge on any atom is -0.464 e. The zero-order valence-electron chi connectivity index (χ0n) is 12.6. The molecule has 0 aliphatic rings. The van der Waals surface area contributed by atoms with Crippen LogP contribution >= 0.6 is 11.6 Å². The molecule has 0 radical (unpaired) electrons. The van der Waals surface area contributed by atoms with Gasteiger partial charge in [-0.15, -0.1) is 0 Å². The van der Waals surface area contributed by atoms with E-state index in [9.17, 15) is 18.0 Å². The molecule has 0 aromatic heterocycles. The van der Waals surface area contributed by atoms with Gasteiger partial charge in [-0.2, -0.15) is 0 Å². The van der Waals surface area contributed by atoms with E-state index in [1.54, 1.807) is 6.92 Å². The van der Waals surface area contributed by atoms with Crippen LogP contribution in [0.4, 0.5) is 0 Å². The highest BCUT2D eigenvalue weighted by molar-refractivity contribution is 7.91. The predicted octanol–water partition coefficient (Wildman–Crippen LogP) is 1.81. The van der Waals surface area contributed by atoms with Gasteiger partial charge in [0.25, 0.3) is 5.91 Å². The third-order valence-corrected chi connectivity index (χ3v) is 4.97. The molecule has 0 heterocycles. The van der Waals surface area contributed by atoms with Crippen LogP contribution in [-0.2, 0) is 19.4 Å². The first-order valence-electron chi connectivity index (χ1n) is 6.72. The highest BCUT2D eigenvalue weighted by Crippen LogP contribution is 2.21. The van der Waals surface area contributed by atoms with Crippen molar-refractivity contribution in [2.75, 3.05) is 12.4 Å². The number of nitrogens with one attached hydrogen (secondary N) is 1. The molecule has 1 aromatic rings. The number of hydrogen-bond acceptors (Lipinski definition) is 5. The summed E-state index contributed by atoms with van der Waals surface area (Å²) in [6.07, 6.45) is 0. The number of sulfone groups is 1. The molecular weight excluding hydrogens is 330 g/mol. The monoisotopic (exact) mass is 347 g/mol. The van der Waals surface area contributed by atoms with E-state index in [4.69, 9.17) is 16.3 Å². The second kappa shape index (κ2) is 7.60. The van der Waals surface area contributed by atoms with Gasteiger partial charge < -0.3 is 10.1 Å². The molecule has 0 saturated carbocycles. The smallest absolute Gasteiger partial charge is 0.328 e. The molecular formula is C14H18ClNO5S. The predicted molar refractivity (Wildman–Crippen MR) is 82.7 cm³/mol. The SMILES string of the molecule is CCOC(=O)C(C)NC(=O)c1cc(S(=O)(=O)CC)ccc1Cl. The first-order valence-corrected chi connectivity index (χ1v) is 8.75. The first-order chi connectivity index (χ1) is 10.2. The molecule has 1 aromatic carbocycles. The van der Waals surface area contributed by atoms with Crippen LogP contribution in [0.1, 0.15) is 31.1 Å². The zero-order chi connectivity index (χ0) is 16.9. The van der Waals surface area contributed by atoms with E-state index in [1.165, 1.54) is 32.0 Å². The van der Waals surface area contributed by atoms with Crippen molar-refractivity contribution in [3.63, 3.8) is 0 Å². The molecule has 0 aliphatic heterocycles. The third kappa shape index (κ3) is 4.45. The maximum atomic E-state index is 12.2. The molecule has 1 atom stereocenters. The normalized spacial score (nSPS) is 12.5. The zero-order valence-corrected chi connectivity index (χ0v) is 14.1. The molecule has 0 saturated heterocycles. The van der Waals surface area contributed by atoms with Crippen molar-refractivity contribution in [2.45, 2.75) is 31.7 Å². The van der Waals surface area contributed by atoms with Gasteiger partial charge in [0.15, 0.2) is 9.84 Å². The van der Waals surface area contributed by atoms with Crippen molar-refractivity contribution in [2.24, 2.45) is 0 Å². The van der Waals surface area contributed by atoms with E-state index in [-0.39, 0.29) is 27.8 Å². The molecule has 8 heteroatoms. The molecule has 22 heavy (non-hydrogen) atoms. The Morgan fingerprint density at radius 1 is 1.32 bits per heavy atom. The molecule has 0 spiro atoms. The standard InChI is InChI=1S/C14H18ClNO5S/c1-4-21-14(18)9(3)16-13(17)11-8-10(6-7-12(11)15)22(19,20)5-2/h6-9H,4-5H2,1-3H3,(H,16,17). The van der Waals surface area contributed by atoms with Gasteiger partial charge in [-0.05, 0) is 32.0 Å². The van der Waals surface area contributed by atoms with Crippen molar-refractivity contribution >= 4 is 33.3 Å². The molecule has 1 rings (SSSR count). The van der Waals surface area contributed by atoms with Crippen molar-refractivity contribution < 1.29 is 22.7 Å². The van der Waals surface area contributed by atoms with Crippen LogP contribution in [0, 0.1) is 0 Å². The van der Waals surface area contributed by atoms with E-state index in [0.29, 0.717) is 0 Å². The van der Waals surface area contributed by atoms with Gasteiger partial charge in [-0.1, -0.05) is 18.5 Å². The fourth-order valence-corrected chi connectivity index (χ4v) is 2.75. The van der Waals surface area contributed by atoms with Gasteiger partial charge in [0.2, 0.25) is 0 Å². The lowest BCUT2D eigenvalue weighted by atomic mass is 10.2. The van der Waals surface area contributed by atoms with Crippen LogP contribution in [0.15, 0.2) is 23.1 Å². The number of carbonyl (C=O) groups is 2. The van der Waals surface area contributed by atoms with E-state index in [2.05, 4.69) is 5.32 Å². The Bertz CT molecular complexity index is 672. The van der Waals surface area contributed by atoms with Gasteiger partial charge >= 0.3 is 5.97 Å². The Morgan fingerprint density at radius 3 is 2.50 bits per heavy atom. The van der Waals surface area contributed by atoms with Crippen LogP contribution in [0.2, 0.25) is 5.02 Å². The molecule has 1 unspecified atom stereocenters. The van der Waals surface area contributed by atoms with Crippen LogP contribution in [-0.4, -0.2) is 38.7 Å². The first kappa shape index (κ1) is 18.4. The van der Waals surface area contributed by atoms with Gasteiger partial charge in [0, 0.05) is 0 Å². The van der Waals surface area contributed by atoms with E-state index >= 15 is 0 Å². The largest absolute Gasteiger partial charge is 0.464 e. The highest BCUT2D eigenvalue weighted by atomic mass is 35.5. The molecule has 0 bridgehead atoms. The summed E-state index contributed by atoms with van der Waals surface area (Å²) in [6.45, 7) is 4.83. The topological polar surface area (TPSA) is 89.5 Å². The summed E-state index contributed by atoms with van der Waals surface area (Å²) in [5, 5.41) is 2.53. The van der Waals surface area contributed by atoms with E-state index < -0.39 is 27.8 Å². The molecule has 0 aliphatic carbocycles.